The minimum Gasteiger partial charge on any atom is -0.291 e. The number of amides is 2. The van der Waals surface area contributed by atoms with E-state index in [-0.39, 0.29) is 11.8 Å². The van der Waals surface area contributed by atoms with E-state index in [1.807, 2.05) is 61.7 Å². The fourth-order valence-electron chi connectivity index (χ4n) is 3.07. The topological polar surface area (TPSA) is 40.6 Å². The van der Waals surface area contributed by atoms with Crippen LogP contribution in [0.5, 0.6) is 0 Å². The molecule has 7 heteroatoms. The first-order chi connectivity index (χ1) is 12.3. The zero-order valence-electron chi connectivity index (χ0n) is 14.8. The molecule has 136 valence electrons. The van der Waals surface area contributed by atoms with Gasteiger partial charge in [-0.2, -0.15) is 0 Å². The van der Waals surface area contributed by atoms with Gasteiger partial charge in [0.05, 0.1) is 11.5 Å². The number of benzene rings is 1. The van der Waals surface area contributed by atoms with Crippen molar-refractivity contribution in [3.63, 3.8) is 0 Å². The summed E-state index contributed by atoms with van der Waals surface area (Å²) in [7, 11) is 0. The fraction of sp³-hybridized carbons (Fsp3) is 0.316. The van der Waals surface area contributed by atoms with Gasteiger partial charge in [-0.3, -0.25) is 19.4 Å². The molecule has 1 aliphatic heterocycles. The van der Waals surface area contributed by atoms with Crippen molar-refractivity contribution in [2.75, 3.05) is 4.90 Å². The number of hydrogen-bond acceptors (Lipinski definition) is 5. The summed E-state index contributed by atoms with van der Waals surface area (Å²) >= 11 is 8.45. The Balaban J connectivity index is 1.98. The molecule has 0 saturated carbocycles. The first-order valence-electron chi connectivity index (χ1n) is 8.23. The van der Waals surface area contributed by atoms with Gasteiger partial charge in [0, 0.05) is 11.7 Å². The number of hydrogen-bond donors (Lipinski definition) is 0. The Bertz CT molecular complexity index is 819. The van der Waals surface area contributed by atoms with Crippen LogP contribution < -0.4 is 4.90 Å². The molecule has 1 aliphatic rings. The molecule has 1 atom stereocenters. The lowest BCUT2D eigenvalue weighted by molar-refractivity contribution is -0.132. The maximum Gasteiger partial charge on any atom is 0.252 e. The molecule has 0 radical (unpaired) electrons. The van der Waals surface area contributed by atoms with E-state index in [0.717, 1.165) is 10.6 Å². The highest BCUT2D eigenvalue weighted by Crippen LogP contribution is 2.41. The van der Waals surface area contributed by atoms with Gasteiger partial charge >= 0.3 is 0 Å². The third-order valence-electron chi connectivity index (χ3n) is 4.25. The van der Waals surface area contributed by atoms with Crippen molar-refractivity contribution in [3.05, 3.63) is 53.4 Å². The van der Waals surface area contributed by atoms with E-state index in [1.165, 1.54) is 30.0 Å². The van der Waals surface area contributed by atoms with Gasteiger partial charge in [-0.15, -0.1) is 11.3 Å². The second-order valence-corrected chi connectivity index (χ2v) is 9.84. The molecule has 2 aromatic rings. The maximum absolute atomic E-state index is 13.4. The Kier molecular flexibility index (Phi) is 5.50. The number of thioether (sulfide) groups is 1. The standard InChI is InChI=1S/C19H20N2O2S3/c1-13(22)21(15-10-7-11-25-15)16-17(23)20(18(24)26-19(16,2)3)12-14-8-5-4-6-9-14/h4-11,16H,12H2,1-3H3. The molecule has 26 heavy (non-hydrogen) atoms. The summed E-state index contributed by atoms with van der Waals surface area (Å²) < 4.78 is 0.0339. The molecule has 1 saturated heterocycles. The predicted octanol–water partition coefficient (Wildman–Crippen LogP) is 4.31. The Morgan fingerprint density at radius 2 is 1.92 bits per heavy atom. The average Bonchev–Trinajstić information content (AvgIpc) is 3.09. The third kappa shape index (κ3) is 3.70. The zero-order valence-corrected chi connectivity index (χ0v) is 17.3. The number of thiophene rings is 1. The monoisotopic (exact) mass is 404 g/mol. The quantitative estimate of drug-likeness (QED) is 0.712. The van der Waals surface area contributed by atoms with Gasteiger partial charge in [-0.05, 0) is 36.9 Å². The predicted molar refractivity (Wildman–Crippen MR) is 113 cm³/mol. The number of anilines is 1. The summed E-state index contributed by atoms with van der Waals surface area (Å²) in [5, 5.41) is 2.68. The van der Waals surface area contributed by atoms with Crippen molar-refractivity contribution in [2.24, 2.45) is 0 Å². The highest BCUT2D eigenvalue weighted by molar-refractivity contribution is 8.24. The van der Waals surface area contributed by atoms with E-state index >= 15 is 0 Å². The van der Waals surface area contributed by atoms with Crippen LogP contribution in [-0.4, -0.2) is 31.8 Å². The molecule has 0 aliphatic carbocycles. The molecule has 3 rings (SSSR count). The van der Waals surface area contributed by atoms with Crippen LogP contribution in [0.25, 0.3) is 0 Å². The summed E-state index contributed by atoms with van der Waals surface area (Å²) in [6.45, 7) is 5.85. The van der Waals surface area contributed by atoms with E-state index in [2.05, 4.69) is 0 Å². The van der Waals surface area contributed by atoms with Crippen molar-refractivity contribution < 1.29 is 9.59 Å². The SMILES string of the molecule is CC(=O)N(c1cccs1)C1C(=O)N(Cc2ccccc2)C(=S)SC1(C)C. The smallest absolute Gasteiger partial charge is 0.252 e. The Morgan fingerprint density at radius 3 is 2.50 bits per heavy atom. The molecule has 0 N–H and O–H groups in total. The maximum atomic E-state index is 13.4. The summed E-state index contributed by atoms with van der Waals surface area (Å²) in [6, 6.07) is 12.9. The van der Waals surface area contributed by atoms with Crippen LogP contribution in [0.1, 0.15) is 26.3 Å². The summed E-state index contributed by atoms with van der Waals surface area (Å²) in [5.74, 6) is -0.279. The molecular weight excluding hydrogens is 384 g/mol. The largest absolute Gasteiger partial charge is 0.291 e. The van der Waals surface area contributed by atoms with Crippen molar-refractivity contribution >= 4 is 56.5 Å². The number of carbonyl (C=O) groups is 2. The van der Waals surface area contributed by atoms with Crippen LogP contribution in [0.4, 0.5) is 5.00 Å². The van der Waals surface area contributed by atoms with Crippen LogP contribution in [0.15, 0.2) is 47.8 Å². The molecule has 1 fully saturated rings. The average molecular weight is 405 g/mol. The van der Waals surface area contributed by atoms with E-state index < -0.39 is 10.8 Å². The van der Waals surface area contributed by atoms with E-state index in [9.17, 15) is 9.59 Å². The third-order valence-corrected chi connectivity index (χ3v) is 6.74. The van der Waals surface area contributed by atoms with Crippen molar-refractivity contribution in [1.82, 2.24) is 4.90 Å². The fourth-order valence-corrected chi connectivity index (χ4v) is 5.70. The van der Waals surface area contributed by atoms with Crippen molar-refractivity contribution in [3.8, 4) is 0 Å². The lowest BCUT2D eigenvalue weighted by atomic mass is 9.99. The summed E-state index contributed by atoms with van der Waals surface area (Å²) in [4.78, 5) is 29.1. The second kappa shape index (κ2) is 7.50. The van der Waals surface area contributed by atoms with Gasteiger partial charge in [0.1, 0.15) is 10.4 Å². The summed E-state index contributed by atoms with van der Waals surface area (Å²) in [5.41, 5.74) is 1.01. The van der Waals surface area contributed by atoms with Crippen molar-refractivity contribution in [1.29, 1.82) is 0 Å². The number of thiocarbonyl (C=S) groups is 1. The van der Waals surface area contributed by atoms with Crippen LogP contribution in [0, 0.1) is 0 Å². The van der Waals surface area contributed by atoms with Gasteiger partial charge in [-0.25, -0.2) is 0 Å². The molecular formula is C19H20N2O2S3. The first-order valence-corrected chi connectivity index (χ1v) is 10.3. The summed E-state index contributed by atoms with van der Waals surface area (Å²) in [6.07, 6.45) is 0. The van der Waals surface area contributed by atoms with Gasteiger partial charge in [0.25, 0.3) is 5.91 Å². The van der Waals surface area contributed by atoms with E-state index in [1.54, 1.807) is 9.80 Å². The van der Waals surface area contributed by atoms with Crippen LogP contribution in [0.3, 0.4) is 0 Å². The Labute approximate surface area is 167 Å². The van der Waals surface area contributed by atoms with E-state index in [4.69, 9.17) is 12.2 Å². The minimum atomic E-state index is -0.612. The molecule has 2 amide bonds. The van der Waals surface area contributed by atoms with Gasteiger partial charge in [0.15, 0.2) is 0 Å². The Hall–Kier alpha value is -1.70. The molecule has 4 nitrogen and oxygen atoms in total. The second-order valence-electron chi connectivity index (χ2n) is 6.62. The molecule has 0 bridgehead atoms. The lowest BCUT2D eigenvalue weighted by Gasteiger charge is -2.46. The van der Waals surface area contributed by atoms with Crippen LogP contribution >= 0.6 is 35.3 Å². The number of rotatable bonds is 4. The molecule has 0 spiro atoms. The first kappa shape index (κ1) is 19.1. The molecule has 1 aromatic carbocycles. The minimum absolute atomic E-state index is 0.133. The highest BCUT2D eigenvalue weighted by Gasteiger charge is 2.50. The molecule has 1 unspecified atom stereocenters. The van der Waals surface area contributed by atoms with E-state index in [0.29, 0.717) is 10.9 Å². The van der Waals surface area contributed by atoms with Crippen molar-refractivity contribution in [2.45, 2.75) is 38.1 Å². The molecule has 1 aromatic heterocycles. The Morgan fingerprint density at radius 1 is 1.23 bits per heavy atom. The zero-order chi connectivity index (χ0) is 18.9. The molecule has 2 heterocycles. The van der Waals surface area contributed by atoms with Crippen LogP contribution in [0.2, 0.25) is 0 Å². The van der Waals surface area contributed by atoms with Gasteiger partial charge in [-0.1, -0.05) is 54.3 Å². The number of carbonyl (C=O) groups excluding carboxylic acids is 2. The van der Waals surface area contributed by atoms with Gasteiger partial charge in [0.2, 0.25) is 5.91 Å². The number of nitrogens with zero attached hydrogens (tertiary/aromatic N) is 2. The van der Waals surface area contributed by atoms with Crippen LogP contribution in [-0.2, 0) is 16.1 Å². The highest BCUT2D eigenvalue weighted by atomic mass is 32.2. The lowest BCUT2D eigenvalue weighted by Crippen LogP contribution is -2.63. The normalized spacial score (nSPS) is 19.5. The van der Waals surface area contributed by atoms with Gasteiger partial charge < -0.3 is 0 Å².